The van der Waals surface area contributed by atoms with Crippen molar-refractivity contribution in [2.24, 2.45) is 0 Å². The van der Waals surface area contributed by atoms with Gasteiger partial charge in [0, 0.05) is 18.1 Å². The molecule has 17 heavy (non-hydrogen) atoms. The molecule has 1 rings (SSSR count). The molecule has 0 N–H and O–H groups in total. The van der Waals surface area contributed by atoms with Crippen LogP contribution in [0.15, 0.2) is 24.3 Å². The molecule has 0 aliphatic heterocycles. The predicted octanol–water partition coefficient (Wildman–Crippen LogP) is 1.27. The highest BCUT2D eigenvalue weighted by atomic mass is 16.6. The number of Topliss-reactive ketones (excluding diaryl/α,β-unsaturated/α-hetero) is 1. The van der Waals surface area contributed by atoms with Gasteiger partial charge < -0.3 is 4.74 Å². The summed E-state index contributed by atoms with van der Waals surface area (Å²) in [6, 6.07) is 5.79. The number of nitrogens with zero attached hydrogens (tertiary/aromatic N) is 1. The second-order valence-electron chi connectivity index (χ2n) is 3.21. The summed E-state index contributed by atoms with van der Waals surface area (Å²) in [6.45, 7) is 1.68. The molecule has 6 nitrogen and oxygen atoms in total. The molecule has 0 heterocycles. The van der Waals surface area contributed by atoms with Crippen LogP contribution in [0.5, 0.6) is 0 Å². The molecule has 0 aromatic heterocycles. The van der Waals surface area contributed by atoms with E-state index >= 15 is 0 Å². The number of carbonyl (C=O) groups excluding carboxylic acids is 2. The van der Waals surface area contributed by atoms with Crippen LogP contribution in [0, 0.1) is 10.1 Å². The first-order valence-corrected chi connectivity index (χ1v) is 4.98. The van der Waals surface area contributed by atoms with Crippen molar-refractivity contribution in [1.29, 1.82) is 0 Å². The molecule has 0 saturated carbocycles. The van der Waals surface area contributed by atoms with E-state index in [1.807, 2.05) is 0 Å². The van der Waals surface area contributed by atoms with Crippen molar-refractivity contribution in [2.75, 3.05) is 6.61 Å². The fourth-order valence-electron chi connectivity index (χ4n) is 1.30. The van der Waals surface area contributed by atoms with Gasteiger partial charge in [-0.15, -0.1) is 0 Å². The highest BCUT2D eigenvalue weighted by molar-refractivity contribution is 6.34. The summed E-state index contributed by atoms with van der Waals surface area (Å²) >= 11 is 0. The molecule has 0 aliphatic carbocycles. The molecule has 0 fully saturated rings. The van der Waals surface area contributed by atoms with E-state index in [4.69, 9.17) is 0 Å². The van der Waals surface area contributed by atoms with E-state index in [9.17, 15) is 19.7 Å². The summed E-state index contributed by atoms with van der Waals surface area (Å²) in [5.41, 5.74) is 0.0284. The Bertz CT molecular complexity index is 455. The minimum Gasteiger partial charge on any atom is -0.460 e. The Morgan fingerprint density at radius 3 is 2.59 bits per heavy atom. The van der Waals surface area contributed by atoms with Crippen molar-refractivity contribution in [3.8, 4) is 0 Å². The zero-order chi connectivity index (χ0) is 12.8. The Morgan fingerprint density at radius 1 is 1.35 bits per heavy atom. The van der Waals surface area contributed by atoms with Crippen molar-refractivity contribution in [3.63, 3.8) is 0 Å². The highest BCUT2D eigenvalue weighted by Crippen LogP contribution is 2.18. The van der Waals surface area contributed by atoms with Crippen LogP contribution < -0.4 is 0 Å². The fourth-order valence-corrected chi connectivity index (χ4v) is 1.30. The van der Waals surface area contributed by atoms with Gasteiger partial charge in [0.05, 0.1) is 11.5 Å². The molecular formula is C11H11NO5. The largest absolute Gasteiger partial charge is 0.460 e. The molecule has 0 bridgehead atoms. The van der Waals surface area contributed by atoms with Crippen molar-refractivity contribution in [1.82, 2.24) is 0 Å². The van der Waals surface area contributed by atoms with Crippen LogP contribution in [0.2, 0.25) is 0 Å². The number of rotatable bonds is 5. The number of esters is 1. The summed E-state index contributed by atoms with van der Waals surface area (Å²) in [5.74, 6) is -1.76. The fraction of sp³-hybridized carbons (Fsp3) is 0.273. The Balaban J connectivity index is 2.85. The minimum atomic E-state index is -0.967. The van der Waals surface area contributed by atoms with Gasteiger partial charge in [0.1, 0.15) is 0 Å². The van der Waals surface area contributed by atoms with E-state index in [0.29, 0.717) is 0 Å². The molecule has 1 aromatic carbocycles. The molecule has 1 aromatic rings. The van der Waals surface area contributed by atoms with Gasteiger partial charge in [0.15, 0.2) is 0 Å². The number of benzene rings is 1. The summed E-state index contributed by atoms with van der Waals surface area (Å²) in [7, 11) is 0. The monoisotopic (exact) mass is 237 g/mol. The lowest BCUT2D eigenvalue weighted by atomic mass is 10.1. The van der Waals surface area contributed by atoms with Gasteiger partial charge in [-0.3, -0.25) is 14.9 Å². The van der Waals surface area contributed by atoms with E-state index in [1.165, 1.54) is 18.2 Å². The van der Waals surface area contributed by atoms with Gasteiger partial charge in [0.25, 0.3) is 5.69 Å². The van der Waals surface area contributed by atoms with Crippen LogP contribution in [-0.2, 0) is 20.7 Å². The lowest BCUT2D eigenvalue weighted by Gasteiger charge is -2.02. The number of carbonyl (C=O) groups is 2. The van der Waals surface area contributed by atoms with Gasteiger partial charge in [0.2, 0.25) is 5.78 Å². The number of nitro benzene ring substituents is 1. The Labute approximate surface area is 97.3 Å². The molecule has 0 atom stereocenters. The molecule has 0 unspecified atom stereocenters. The molecule has 0 aliphatic rings. The van der Waals surface area contributed by atoms with Crippen molar-refractivity contribution in [2.45, 2.75) is 13.3 Å². The molecule has 90 valence electrons. The van der Waals surface area contributed by atoms with Crippen molar-refractivity contribution >= 4 is 17.4 Å². The number of nitro groups is 1. The van der Waals surface area contributed by atoms with E-state index < -0.39 is 16.7 Å². The van der Waals surface area contributed by atoms with E-state index in [1.54, 1.807) is 13.0 Å². The minimum absolute atomic E-state index is 0.0987. The van der Waals surface area contributed by atoms with Crippen LogP contribution in [0.1, 0.15) is 12.5 Å². The van der Waals surface area contributed by atoms with Crippen LogP contribution in [-0.4, -0.2) is 23.3 Å². The maximum atomic E-state index is 11.4. The standard InChI is InChI=1S/C11H11NO5/c1-2-17-11(14)10(13)7-8-5-3-4-6-9(8)12(15)16/h3-6H,2,7H2,1H3. The van der Waals surface area contributed by atoms with Gasteiger partial charge >= 0.3 is 5.97 Å². The first-order chi connectivity index (χ1) is 8.06. The lowest BCUT2D eigenvalue weighted by Crippen LogP contribution is -2.19. The molecule has 0 spiro atoms. The average Bonchev–Trinajstić information content (AvgIpc) is 2.29. The zero-order valence-electron chi connectivity index (χ0n) is 9.21. The third-order valence-electron chi connectivity index (χ3n) is 2.04. The second kappa shape index (κ2) is 5.74. The highest BCUT2D eigenvalue weighted by Gasteiger charge is 2.20. The van der Waals surface area contributed by atoms with Gasteiger partial charge in [-0.2, -0.15) is 0 Å². The number of ketones is 1. The average molecular weight is 237 g/mol. The van der Waals surface area contributed by atoms with Crippen molar-refractivity contribution < 1.29 is 19.2 Å². The lowest BCUT2D eigenvalue weighted by molar-refractivity contribution is -0.385. The van der Waals surface area contributed by atoms with E-state index in [2.05, 4.69) is 4.74 Å². The summed E-state index contributed by atoms with van der Waals surface area (Å²) < 4.78 is 4.52. The number of hydrogen-bond acceptors (Lipinski definition) is 5. The zero-order valence-corrected chi connectivity index (χ0v) is 9.21. The smallest absolute Gasteiger partial charge is 0.374 e. The SMILES string of the molecule is CCOC(=O)C(=O)Cc1ccccc1[N+](=O)[O-]. The Hall–Kier alpha value is -2.24. The van der Waals surface area contributed by atoms with Crippen LogP contribution >= 0.6 is 0 Å². The topological polar surface area (TPSA) is 86.5 Å². The quantitative estimate of drug-likeness (QED) is 0.333. The number of hydrogen-bond donors (Lipinski definition) is 0. The van der Waals surface area contributed by atoms with Gasteiger partial charge in [-0.05, 0) is 6.92 Å². The number of para-hydroxylation sites is 1. The Kier molecular flexibility index (Phi) is 4.33. The van der Waals surface area contributed by atoms with Crippen molar-refractivity contribution in [3.05, 3.63) is 39.9 Å². The van der Waals surface area contributed by atoms with E-state index in [0.717, 1.165) is 0 Å². The summed E-state index contributed by atoms with van der Waals surface area (Å²) in [6.07, 6.45) is -0.323. The number of ether oxygens (including phenoxy) is 1. The van der Waals surface area contributed by atoms with Gasteiger partial charge in [-0.1, -0.05) is 18.2 Å². The third kappa shape index (κ3) is 3.37. The third-order valence-corrected chi connectivity index (χ3v) is 2.04. The summed E-state index contributed by atoms with van der Waals surface area (Å²) in [4.78, 5) is 32.6. The maximum Gasteiger partial charge on any atom is 0.374 e. The first kappa shape index (κ1) is 12.8. The summed E-state index contributed by atoms with van der Waals surface area (Å²) in [5, 5.41) is 10.7. The normalized spacial score (nSPS) is 9.71. The maximum absolute atomic E-state index is 11.4. The van der Waals surface area contributed by atoms with Gasteiger partial charge in [-0.25, -0.2) is 4.79 Å². The second-order valence-corrected chi connectivity index (χ2v) is 3.21. The van der Waals surface area contributed by atoms with Crippen LogP contribution in [0.3, 0.4) is 0 Å². The molecule has 0 amide bonds. The van der Waals surface area contributed by atoms with E-state index in [-0.39, 0.29) is 24.3 Å². The van der Waals surface area contributed by atoms with Crippen LogP contribution in [0.4, 0.5) is 5.69 Å². The Morgan fingerprint density at radius 2 is 2.00 bits per heavy atom. The molecule has 0 radical (unpaired) electrons. The molecule has 6 heteroatoms. The predicted molar refractivity (Wildman–Crippen MR) is 58.4 cm³/mol. The molecular weight excluding hydrogens is 226 g/mol. The van der Waals surface area contributed by atoms with Crippen LogP contribution in [0.25, 0.3) is 0 Å². The first-order valence-electron chi connectivity index (χ1n) is 4.98. The molecule has 0 saturated heterocycles.